The molecule has 38 heavy (non-hydrogen) atoms. The Bertz CT molecular complexity index is 1220. The van der Waals surface area contributed by atoms with E-state index in [-0.39, 0.29) is 23.1 Å². The highest BCUT2D eigenvalue weighted by atomic mass is 32.1. The molecule has 1 N–H and O–H groups in total. The molecule has 1 aliphatic carbocycles. The number of morpholine rings is 1. The molecule has 1 aromatic heterocycles. The summed E-state index contributed by atoms with van der Waals surface area (Å²) in [6.45, 7) is 8.41. The lowest BCUT2D eigenvalue weighted by atomic mass is 9.75. The van der Waals surface area contributed by atoms with Crippen LogP contribution in [0.3, 0.4) is 0 Å². The maximum absolute atomic E-state index is 13.2. The molecule has 0 unspecified atom stereocenters. The predicted octanol–water partition coefficient (Wildman–Crippen LogP) is 4.55. The Morgan fingerprint density at radius 1 is 1.13 bits per heavy atom. The van der Waals surface area contributed by atoms with E-state index in [0.717, 1.165) is 51.6 Å². The highest BCUT2D eigenvalue weighted by Crippen LogP contribution is 2.49. The van der Waals surface area contributed by atoms with Crippen LogP contribution in [0.2, 0.25) is 0 Å². The van der Waals surface area contributed by atoms with Crippen molar-refractivity contribution in [1.82, 2.24) is 9.80 Å². The fraction of sp³-hybridized carbons (Fsp3) is 0.552. The minimum Gasteiger partial charge on any atom is -0.465 e. The predicted molar refractivity (Wildman–Crippen MR) is 148 cm³/mol. The summed E-state index contributed by atoms with van der Waals surface area (Å²) in [5, 5.41) is 10.4. The first-order valence-electron chi connectivity index (χ1n) is 13.5. The fourth-order valence-electron chi connectivity index (χ4n) is 5.97. The van der Waals surface area contributed by atoms with Gasteiger partial charge < -0.3 is 24.5 Å². The first-order chi connectivity index (χ1) is 18.1. The number of likely N-dealkylation sites (tertiary alicyclic amines) is 1. The van der Waals surface area contributed by atoms with Crippen LogP contribution in [0.15, 0.2) is 24.3 Å². The Kier molecular flexibility index (Phi) is 7.51. The number of carbonyl (C=O) groups is 3. The zero-order chi connectivity index (χ0) is 27.0. The molecule has 2 aromatic rings. The summed E-state index contributed by atoms with van der Waals surface area (Å²) in [5.41, 5.74) is 4.20. The molecule has 3 heterocycles. The molecule has 3 aliphatic rings. The van der Waals surface area contributed by atoms with Crippen molar-refractivity contribution in [3.8, 4) is 11.1 Å². The summed E-state index contributed by atoms with van der Waals surface area (Å²) in [7, 11) is 1.60. The van der Waals surface area contributed by atoms with E-state index in [1.165, 1.54) is 4.90 Å². The van der Waals surface area contributed by atoms with Gasteiger partial charge in [-0.15, -0.1) is 11.3 Å². The van der Waals surface area contributed by atoms with Crippen LogP contribution in [0.1, 0.15) is 53.9 Å². The zero-order valence-electron chi connectivity index (χ0n) is 22.5. The number of carboxylic acid groups (broad SMARTS) is 1. The number of Topliss-reactive ketones (excluding diaryl/α,β-unsaturated/α-hetero) is 1. The molecule has 9 heteroatoms. The number of ketones is 1. The van der Waals surface area contributed by atoms with Gasteiger partial charge in [0, 0.05) is 51.3 Å². The van der Waals surface area contributed by atoms with Crippen molar-refractivity contribution in [3.05, 3.63) is 40.3 Å². The molecule has 2 fully saturated rings. The number of carbonyl (C=O) groups excluding carboxylic acids is 2. The van der Waals surface area contributed by atoms with Crippen molar-refractivity contribution in [2.45, 2.75) is 52.0 Å². The summed E-state index contributed by atoms with van der Waals surface area (Å²) < 4.78 is 5.60. The molecule has 2 aliphatic heterocycles. The zero-order valence-corrected chi connectivity index (χ0v) is 23.3. The van der Waals surface area contributed by atoms with E-state index < -0.39 is 6.09 Å². The molecule has 204 valence electrons. The molecular formula is C29H37N3O5S. The Hall–Kier alpha value is -2.91. The summed E-state index contributed by atoms with van der Waals surface area (Å²) in [4.78, 5) is 44.0. The van der Waals surface area contributed by atoms with Crippen LogP contribution < -0.4 is 4.90 Å². The van der Waals surface area contributed by atoms with Crippen molar-refractivity contribution >= 4 is 34.1 Å². The average molecular weight is 540 g/mol. The van der Waals surface area contributed by atoms with Gasteiger partial charge in [-0.3, -0.25) is 9.59 Å². The lowest BCUT2D eigenvalue weighted by Crippen LogP contribution is -2.47. The van der Waals surface area contributed by atoms with Crippen LogP contribution in [0.25, 0.3) is 11.1 Å². The molecule has 2 saturated heterocycles. The number of hydrogen-bond donors (Lipinski definition) is 1. The van der Waals surface area contributed by atoms with Crippen molar-refractivity contribution in [2.24, 2.45) is 5.41 Å². The monoisotopic (exact) mass is 539 g/mol. The lowest BCUT2D eigenvalue weighted by molar-refractivity contribution is -0.131. The topological polar surface area (TPSA) is 90.4 Å². The van der Waals surface area contributed by atoms with Crippen LogP contribution in [0.5, 0.6) is 0 Å². The molecule has 0 spiro atoms. The molecule has 2 amide bonds. The number of piperidine rings is 1. The summed E-state index contributed by atoms with van der Waals surface area (Å²) in [6.07, 6.45) is 2.11. The quantitative estimate of drug-likeness (QED) is 0.600. The normalized spacial score (nSPS) is 19.8. The Balaban J connectivity index is 1.39. The number of thiophene rings is 1. The van der Waals surface area contributed by atoms with E-state index in [2.05, 4.69) is 30.9 Å². The lowest BCUT2D eigenvalue weighted by Gasteiger charge is -2.35. The number of hydrogen-bond acceptors (Lipinski definition) is 6. The van der Waals surface area contributed by atoms with Gasteiger partial charge in [-0.25, -0.2) is 4.79 Å². The number of anilines is 1. The van der Waals surface area contributed by atoms with E-state index in [1.54, 1.807) is 18.4 Å². The molecule has 1 aromatic carbocycles. The van der Waals surface area contributed by atoms with E-state index in [1.807, 2.05) is 17.0 Å². The van der Waals surface area contributed by atoms with Gasteiger partial charge in [0.25, 0.3) is 0 Å². The maximum Gasteiger partial charge on any atom is 0.407 e. The second kappa shape index (κ2) is 10.7. The van der Waals surface area contributed by atoms with E-state index in [9.17, 15) is 19.5 Å². The second-order valence-corrected chi connectivity index (χ2v) is 12.5. The van der Waals surface area contributed by atoms with Crippen molar-refractivity contribution < 1.29 is 24.2 Å². The minimum atomic E-state index is -0.927. The van der Waals surface area contributed by atoms with Gasteiger partial charge in [0.1, 0.15) is 0 Å². The summed E-state index contributed by atoms with van der Waals surface area (Å²) in [6, 6.07) is 8.17. The SMILES string of the molecule is CN(C(=O)O)C1CCN(C(=O)Cc2cccc(-c3c(N4CCOCC4)sc4c3CC(C)(C)CC4=O)c2)CC1. The average Bonchev–Trinajstić information content (AvgIpc) is 3.27. The Labute approximate surface area is 228 Å². The third kappa shape index (κ3) is 5.45. The van der Waals surface area contributed by atoms with Gasteiger partial charge in [-0.2, -0.15) is 0 Å². The summed E-state index contributed by atoms with van der Waals surface area (Å²) >= 11 is 1.62. The third-order valence-electron chi connectivity index (χ3n) is 8.07. The third-order valence-corrected chi connectivity index (χ3v) is 9.41. The van der Waals surface area contributed by atoms with E-state index in [4.69, 9.17) is 4.74 Å². The molecule has 0 radical (unpaired) electrons. The van der Waals surface area contributed by atoms with Crippen molar-refractivity contribution in [2.75, 3.05) is 51.3 Å². The van der Waals surface area contributed by atoms with Crippen LogP contribution in [-0.4, -0.2) is 85.2 Å². The van der Waals surface area contributed by atoms with Gasteiger partial charge in [0.15, 0.2) is 5.78 Å². The maximum atomic E-state index is 13.2. The van der Waals surface area contributed by atoms with Gasteiger partial charge in [0.05, 0.1) is 29.5 Å². The van der Waals surface area contributed by atoms with Crippen LogP contribution in [0, 0.1) is 5.41 Å². The number of ether oxygens (including phenoxy) is 1. The number of fused-ring (bicyclic) bond motifs is 1. The van der Waals surface area contributed by atoms with Crippen LogP contribution in [0.4, 0.5) is 9.80 Å². The number of benzene rings is 1. The first kappa shape index (κ1) is 26.7. The number of rotatable bonds is 5. The first-order valence-corrected chi connectivity index (χ1v) is 14.3. The molecule has 8 nitrogen and oxygen atoms in total. The molecule has 0 atom stereocenters. The minimum absolute atomic E-state index is 0.0461. The van der Waals surface area contributed by atoms with Gasteiger partial charge in [0.2, 0.25) is 5.91 Å². The van der Waals surface area contributed by atoms with Gasteiger partial charge >= 0.3 is 6.09 Å². The van der Waals surface area contributed by atoms with Gasteiger partial charge in [-0.05, 0) is 41.4 Å². The highest BCUT2D eigenvalue weighted by Gasteiger charge is 2.37. The number of nitrogens with zero attached hydrogens (tertiary/aromatic N) is 3. The molecule has 0 bridgehead atoms. The highest BCUT2D eigenvalue weighted by molar-refractivity contribution is 7.19. The Morgan fingerprint density at radius 2 is 1.84 bits per heavy atom. The van der Waals surface area contributed by atoms with Crippen molar-refractivity contribution in [3.63, 3.8) is 0 Å². The second-order valence-electron chi connectivity index (χ2n) is 11.5. The largest absolute Gasteiger partial charge is 0.465 e. The molecular weight excluding hydrogens is 502 g/mol. The number of amides is 2. The van der Waals surface area contributed by atoms with Gasteiger partial charge in [-0.1, -0.05) is 38.1 Å². The Morgan fingerprint density at radius 3 is 2.53 bits per heavy atom. The van der Waals surface area contributed by atoms with E-state index in [0.29, 0.717) is 52.0 Å². The van der Waals surface area contributed by atoms with Crippen molar-refractivity contribution in [1.29, 1.82) is 0 Å². The van der Waals surface area contributed by atoms with Crippen LogP contribution in [-0.2, 0) is 22.4 Å². The molecule has 0 saturated carbocycles. The van der Waals surface area contributed by atoms with E-state index >= 15 is 0 Å². The fourth-order valence-corrected chi connectivity index (χ4v) is 7.30. The van der Waals surface area contributed by atoms with Crippen LogP contribution >= 0.6 is 11.3 Å². The summed E-state index contributed by atoms with van der Waals surface area (Å²) in [5.74, 6) is 0.293. The molecule has 5 rings (SSSR count). The smallest absolute Gasteiger partial charge is 0.407 e. The standard InChI is InChI=1S/C29H37N3O5S/c1-29(2)17-22-25(27(32-11-13-37-14-12-32)38-26(22)23(33)18-29)20-6-4-5-19(15-20)16-24(34)31-9-7-21(8-10-31)30(3)28(35)36/h4-6,15,21H,7-14,16-18H2,1-3H3,(H,35,36).